The van der Waals surface area contributed by atoms with Gasteiger partial charge in [0.05, 0.1) is 5.69 Å². The zero-order valence-corrected chi connectivity index (χ0v) is 14.1. The summed E-state index contributed by atoms with van der Waals surface area (Å²) in [5, 5.41) is 3.03. The van der Waals surface area contributed by atoms with Crippen molar-refractivity contribution < 1.29 is 9.18 Å². The molecule has 1 aromatic carbocycles. The van der Waals surface area contributed by atoms with Crippen molar-refractivity contribution >= 4 is 11.6 Å². The second-order valence-corrected chi connectivity index (χ2v) is 6.72. The molecule has 2 heterocycles. The van der Waals surface area contributed by atoms with Gasteiger partial charge in [-0.25, -0.2) is 9.37 Å². The Kier molecular flexibility index (Phi) is 3.99. The Bertz CT molecular complexity index is 930. The van der Waals surface area contributed by atoms with Crippen molar-refractivity contribution in [3.8, 4) is 0 Å². The van der Waals surface area contributed by atoms with Crippen molar-refractivity contribution in [1.29, 1.82) is 0 Å². The molecule has 1 atom stereocenters. The number of aromatic nitrogens is 2. The molecule has 0 radical (unpaired) electrons. The summed E-state index contributed by atoms with van der Waals surface area (Å²) in [7, 11) is 0. The second kappa shape index (κ2) is 6.31. The Balaban J connectivity index is 1.75. The fourth-order valence-electron chi connectivity index (χ4n) is 3.24. The van der Waals surface area contributed by atoms with Crippen LogP contribution in [0.1, 0.15) is 42.0 Å². The largest absolute Gasteiger partial charge is 0.353 e. The van der Waals surface area contributed by atoms with Crippen LogP contribution in [-0.4, -0.2) is 21.3 Å². The summed E-state index contributed by atoms with van der Waals surface area (Å²) >= 11 is 0. The maximum absolute atomic E-state index is 13.8. The smallest absolute Gasteiger partial charge is 0.221 e. The van der Waals surface area contributed by atoms with E-state index in [4.69, 9.17) is 0 Å². The topological polar surface area (TPSA) is 46.4 Å². The van der Waals surface area contributed by atoms with Gasteiger partial charge in [-0.2, -0.15) is 0 Å². The lowest BCUT2D eigenvalue weighted by molar-refractivity contribution is -0.121. The molecule has 4 nitrogen and oxygen atoms in total. The number of amides is 1. The minimum atomic E-state index is -0.296. The van der Waals surface area contributed by atoms with E-state index in [9.17, 15) is 9.18 Å². The summed E-state index contributed by atoms with van der Waals surface area (Å²) in [5.41, 5.74) is 3.61. The molecule has 1 amide bonds. The summed E-state index contributed by atoms with van der Waals surface area (Å²) in [6.07, 6.45) is 6.11. The molecule has 0 aliphatic heterocycles. The van der Waals surface area contributed by atoms with Gasteiger partial charge in [-0.05, 0) is 49.1 Å². The third kappa shape index (κ3) is 3.27. The molecule has 4 rings (SSSR count). The molecule has 1 N–H and O–H groups in total. The SMILES string of the molecule is Cc1cccn2c(C(CC(=O)NC3CC3)c3cccc(F)c3)cnc12. The summed E-state index contributed by atoms with van der Waals surface area (Å²) in [6, 6.07) is 10.8. The van der Waals surface area contributed by atoms with E-state index in [1.54, 1.807) is 12.3 Å². The lowest BCUT2D eigenvalue weighted by Gasteiger charge is -2.17. The number of pyridine rings is 1. The number of fused-ring (bicyclic) bond motifs is 1. The number of nitrogens with one attached hydrogen (secondary N) is 1. The summed E-state index contributed by atoms with van der Waals surface area (Å²) in [6.45, 7) is 2.00. The molecule has 1 unspecified atom stereocenters. The molecular weight excluding hydrogens is 317 g/mol. The van der Waals surface area contributed by atoms with Crippen molar-refractivity contribution in [2.45, 2.75) is 38.1 Å². The molecule has 3 aromatic rings. The van der Waals surface area contributed by atoms with Crippen molar-refractivity contribution in [3.05, 3.63) is 71.4 Å². The van der Waals surface area contributed by atoms with Gasteiger partial charge in [0.25, 0.3) is 0 Å². The van der Waals surface area contributed by atoms with Crippen molar-refractivity contribution in [2.75, 3.05) is 0 Å². The maximum atomic E-state index is 13.8. The molecular formula is C20H20FN3O. The molecule has 1 aliphatic rings. The Labute approximate surface area is 145 Å². The van der Waals surface area contributed by atoms with Gasteiger partial charge in [0.2, 0.25) is 5.91 Å². The Hall–Kier alpha value is -2.69. The number of benzene rings is 1. The molecule has 1 saturated carbocycles. The highest BCUT2D eigenvalue weighted by molar-refractivity contribution is 5.78. The highest BCUT2D eigenvalue weighted by Gasteiger charge is 2.27. The van der Waals surface area contributed by atoms with Crippen molar-refractivity contribution in [1.82, 2.24) is 14.7 Å². The lowest BCUT2D eigenvalue weighted by atomic mass is 9.92. The van der Waals surface area contributed by atoms with Gasteiger partial charge in [-0.1, -0.05) is 18.2 Å². The van der Waals surface area contributed by atoms with Crippen LogP contribution in [0, 0.1) is 12.7 Å². The highest BCUT2D eigenvalue weighted by Crippen LogP contribution is 2.30. The Morgan fingerprint density at radius 2 is 2.20 bits per heavy atom. The van der Waals surface area contributed by atoms with Gasteiger partial charge in [-0.15, -0.1) is 0 Å². The minimum Gasteiger partial charge on any atom is -0.353 e. The molecule has 5 heteroatoms. The first-order valence-electron chi connectivity index (χ1n) is 8.59. The van der Waals surface area contributed by atoms with Crippen LogP contribution in [0.3, 0.4) is 0 Å². The maximum Gasteiger partial charge on any atom is 0.221 e. The zero-order chi connectivity index (χ0) is 17.4. The minimum absolute atomic E-state index is 0.000589. The van der Waals surface area contributed by atoms with Crippen LogP contribution < -0.4 is 5.32 Å². The van der Waals surface area contributed by atoms with E-state index >= 15 is 0 Å². The van der Waals surface area contributed by atoms with Crippen LogP contribution in [0.5, 0.6) is 0 Å². The van der Waals surface area contributed by atoms with E-state index in [2.05, 4.69) is 10.3 Å². The number of nitrogens with zero attached hydrogens (tertiary/aromatic N) is 2. The van der Waals surface area contributed by atoms with E-state index in [0.717, 1.165) is 35.3 Å². The van der Waals surface area contributed by atoms with Crippen LogP contribution in [0.15, 0.2) is 48.8 Å². The Morgan fingerprint density at radius 3 is 2.96 bits per heavy atom. The number of rotatable bonds is 5. The van der Waals surface area contributed by atoms with E-state index < -0.39 is 0 Å². The number of carbonyl (C=O) groups is 1. The highest BCUT2D eigenvalue weighted by atomic mass is 19.1. The summed E-state index contributed by atoms with van der Waals surface area (Å²) in [4.78, 5) is 16.9. The van der Waals surface area contributed by atoms with Gasteiger partial charge in [0.15, 0.2) is 0 Å². The molecule has 128 valence electrons. The second-order valence-electron chi connectivity index (χ2n) is 6.72. The summed E-state index contributed by atoms with van der Waals surface area (Å²) < 4.78 is 15.8. The van der Waals surface area contributed by atoms with Gasteiger partial charge in [-0.3, -0.25) is 4.79 Å². The monoisotopic (exact) mass is 337 g/mol. The number of carbonyl (C=O) groups excluding carboxylic acids is 1. The number of hydrogen-bond acceptors (Lipinski definition) is 2. The normalized spacial score (nSPS) is 15.3. The Morgan fingerprint density at radius 1 is 1.36 bits per heavy atom. The van der Waals surface area contributed by atoms with E-state index in [-0.39, 0.29) is 24.1 Å². The third-order valence-corrected chi connectivity index (χ3v) is 4.70. The number of hydrogen-bond donors (Lipinski definition) is 1. The first-order valence-corrected chi connectivity index (χ1v) is 8.59. The molecule has 0 saturated heterocycles. The van der Waals surface area contributed by atoms with E-state index in [1.165, 1.54) is 12.1 Å². The van der Waals surface area contributed by atoms with Gasteiger partial charge in [0, 0.05) is 30.8 Å². The number of aryl methyl sites for hydroxylation is 1. The lowest BCUT2D eigenvalue weighted by Crippen LogP contribution is -2.27. The average molecular weight is 337 g/mol. The van der Waals surface area contributed by atoms with Crippen LogP contribution in [0.4, 0.5) is 4.39 Å². The van der Waals surface area contributed by atoms with Crippen molar-refractivity contribution in [2.24, 2.45) is 0 Å². The van der Waals surface area contributed by atoms with E-state index in [1.807, 2.05) is 35.7 Å². The molecule has 0 bridgehead atoms. The van der Waals surface area contributed by atoms with Gasteiger partial charge >= 0.3 is 0 Å². The average Bonchev–Trinajstić information content (AvgIpc) is 3.29. The zero-order valence-electron chi connectivity index (χ0n) is 14.1. The van der Waals surface area contributed by atoms with Crippen molar-refractivity contribution in [3.63, 3.8) is 0 Å². The number of imidazole rings is 1. The van der Waals surface area contributed by atoms with Gasteiger partial charge < -0.3 is 9.72 Å². The standard InChI is InChI=1S/C20H20FN3O/c1-13-4-3-9-24-18(12-22-20(13)24)17(11-19(25)23-16-7-8-16)14-5-2-6-15(21)10-14/h2-6,9-10,12,16-17H,7-8,11H2,1H3,(H,23,25). The quantitative estimate of drug-likeness (QED) is 0.773. The van der Waals surface area contributed by atoms with Crippen LogP contribution in [-0.2, 0) is 4.79 Å². The molecule has 2 aromatic heterocycles. The fraction of sp³-hybridized carbons (Fsp3) is 0.300. The first kappa shape index (κ1) is 15.8. The van der Waals surface area contributed by atoms with Crippen LogP contribution >= 0.6 is 0 Å². The molecule has 1 aliphatic carbocycles. The summed E-state index contributed by atoms with van der Waals surface area (Å²) in [5.74, 6) is -0.541. The van der Waals surface area contributed by atoms with E-state index in [0.29, 0.717) is 6.04 Å². The molecule has 1 fully saturated rings. The van der Waals surface area contributed by atoms with Gasteiger partial charge in [0.1, 0.15) is 11.5 Å². The molecule has 0 spiro atoms. The van der Waals surface area contributed by atoms with Crippen LogP contribution in [0.25, 0.3) is 5.65 Å². The predicted molar refractivity (Wildman–Crippen MR) is 94.0 cm³/mol. The fourth-order valence-corrected chi connectivity index (χ4v) is 3.24. The molecule has 25 heavy (non-hydrogen) atoms. The third-order valence-electron chi connectivity index (χ3n) is 4.70. The number of halogens is 1. The van der Waals surface area contributed by atoms with Crippen LogP contribution in [0.2, 0.25) is 0 Å². The predicted octanol–water partition coefficient (Wildman–Crippen LogP) is 3.58. The first-order chi connectivity index (χ1) is 12.1.